The highest BCUT2D eigenvalue weighted by molar-refractivity contribution is 5.91. The van der Waals surface area contributed by atoms with Crippen molar-refractivity contribution in [1.29, 1.82) is 0 Å². The van der Waals surface area contributed by atoms with Crippen LogP contribution in [-0.2, 0) is 11.8 Å². The molecule has 2 aliphatic heterocycles. The lowest BCUT2D eigenvalue weighted by Crippen LogP contribution is -2.36. The van der Waals surface area contributed by atoms with E-state index < -0.39 is 0 Å². The summed E-state index contributed by atoms with van der Waals surface area (Å²) in [6, 6.07) is 13.6. The highest BCUT2D eigenvalue weighted by Gasteiger charge is 2.42. The van der Waals surface area contributed by atoms with Gasteiger partial charge in [0, 0.05) is 30.8 Å². The van der Waals surface area contributed by atoms with Crippen LogP contribution in [0.15, 0.2) is 53.3 Å². The molecule has 5 rings (SSSR count). The lowest BCUT2D eigenvalue weighted by atomic mass is 9.77. The van der Waals surface area contributed by atoms with Gasteiger partial charge in [-0.05, 0) is 29.8 Å². The van der Waals surface area contributed by atoms with Gasteiger partial charge in [0.1, 0.15) is 11.6 Å². The van der Waals surface area contributed by atoms with Gasteiger partial charge in [0.05, 0.1) is 23.5 Å². The number of rotatable bonds is 2. The Labute approximate surface area is 166 Å². The summed E-state index contributed by atoms with van der Waals surface area (Å²) in [6.45, 7) is 0.550. The number of benzene rings is 2. The van der Waals surface area contributed by atoms with Crippen molar-refractivity contribution < 1.29 is 13.9 Å². The minimum atomic E-state index is -0.356. The van der Waals surface area contributed by atoms with Gasteiger partial charge >= 0.3 is 5.97 Å². The smallest absolute Gasteiger partial charge is 0.311 e. The molecule has 3 heterocycles. The Bertz CT molecular complexity index is 1190. The van der Waals surface area contributed by atoms with Crippen LogP contribution in [0.2, 0.25) is 0 Å². The van der Waals surface area contributed by atoms with Crippen molar-refractivity contribution in [3.05, 3.63) is 75.8 Å². The summed E-state index contributed by atoms with van der Waals surface area (Å²) in [4.78, 5) is 25.8. The third kappa shape index (κ3) is 2.85. The summed E-state index contributed by atoms with van der Waals surface area (Å²) in [5.74, 6) is -0.775. The Morgan fingerprint density at radius 1 is 1.14 bits per heavy atom. The molecule has 7 heteroatoms. The van der Waals surface area contributed by atoms with Crippen molar-refractivity contribution in [3.63, 3.8) is 0 Å². The van der Waals surface area contributed by atoms with Crippen LogP contribution in [-0.4, -0.2) is 17.1 Å². The second-order valence-corrected chi connectivity index (χ2v) is 7.63. The highest BCUT2D eigenvalue weighted by Crippen LogP contribution is 2.45. The van der Waals surface area contributed by atoms with Crippen molar-refractivity contribution in [2.45, 2.75) is 18.4 Å². The molecule has 148 valence electrons. The molecule has 0 radical (unpaired) electrons. The largest absolute Gasteiger partial charge is 0.425 e. The predicted octanol–water partition coefficient (Wildman–Crippen LogP) is 2.54. The molecule has 2 aromatic carbocycles. The zero-order valence-corrected chi connectivity index (χ0v) is 15.8. The molecule has 0 bridgehead atoms. The van der Waals surface area contributed by atoms with Gasteiger partial charge in [-0.15, -0.1) is 0 Å². The Balaban J connectivity index is 1.68. The molecule has 3 atom stereocenters. The molecule has 29 heavy (non-hydrogen) atoms. The molecule has 2 aliphatic rings. The molecule has 2 N–H and O–H groups in total. The monoisotopic (exact) mass is 393 g/mol. The fraction of sp³-hybridized carbons (Fsp3) is 0.273. The van der Waals surface area contributed by atoms with E-state index in [4.69, 9.17) is 4.74 Å². The van der Waals surface area contributed by atoms with Crippen molar-refractivity contribution in [2.24, 2.45) is 13.0 Å². The predicted molar refractivity (Wildman–Crippen MR) is 106 cm³/mol. The normalized spacial score (nSPS) is 23.8. The topological polar surface area (TPSA) is 72.4 Å². The van der Waals surface area contributed by atoms with E-state index in [1.807, 2.05) is 30.3 Å². The number of hydrogen-bond donors (Lipinski definition) is 2. The number of para-hydroxylation sites is 1. The van der Waals surface area contributed by atoms with Crippen molar-refractivity contribution in [3.8, 4) is 5.75 Å². The van der Waals surface area contributed by atoms with E-state index in [2.05, 4.69) is 10.9 Å². The average molecular weight is 393 g/mol. The van der Waals surface area contributed by atoms with E-state index in [9.17, 15) is 14.0 Å². The summed E-state index contributed by atoms with van der Waals surface area (Å²) in [5, 5.41) is 0.740. The number of esters is 1. The number of nitrogens with one attached hydrogen (secondary N) is 2. The SMILES string of the molecule is Cn1c(=O)c2c(c3ccccc31)OC(=O)CC2C1CNNC1c1cccc(F)c1. The lowest BCUT2D eigenvalue weighted by Gasteiger charge is -2.32. The molecule has 3 aromatic rings. The minimum Gasteiger partial charge on any atom is -0.425 e. The number of aromatic nitrogens is 1. The van der Waals surface area contributed by atoms with Gasteiger partial charge in [-0.3, -0.25) is 15.0 Å². The van der Waals surface area contributed by atoms with Crippen molar-refractivity contribution >= 4 is 16.9 Å². The summed E-state index contributed by atoms with van der Waals surface area (Å²) >= 11 is 0. The fourth-order valence-electron chi connectivity index (χ4n) is 4.65. The molecule has 1 aromatic heterocycles. The van der Waals surface area contributed by atoms with Crippen LogP contribution >= 0.6 is 0 Å². The molecule has 0 amide bonds. The van der Waals surface area contributed by atoms with E-state index in [0.29, 0.717) is 23.4 Å². The van der Waals surface area contributed by atoms with Gasteiger partial charge in [0.15, 0.2) is 0 Å². The second kappa shape index (κ2) is 6.79. The maximum absolute atomic E-state index is 13.8. The number of hydrazine groups is 1. The zero-order valence-electron chi connectivity index (χ0n) is 15.8. The Hall–Kier alpha value is -3.03. The lowest BCUT2D eigenvalue weighted by molar-refractivity contribution is -0.136. The van der Waals surface area contributed by atoms with Crippen LogP contribution in [0.25, 0.3) is 10.9 Å². The van der Waals surface area contributed by atoms with Gasteiger partial charge < -0.3 is 9.30 Å². The van der Waals surface area contributed by atoms with Gasteiger partial charge in [0.2, 0.25) is 0 Å². The number of fused-ring (bicyclic) bond motifs is 3. The number of pyridine rings is 1. The van der Waals surface area contributed by atoms with Crippen LogP contribution in [0, 0.1) is 11.7 Å². The summed E-state index contributed by atoms with van der Waals surface area (Å²) < 4.78 is 21.0. The van der Waals surface area contributed by atoms with E-state index in [-0.39, 0.29) is 41.6 Å². The summed E-state index contributed by atoms with van der Waals surface area (Å²) in [6.07, 6.45) is 0.112. The molecule has 1 fully saturated rings. The first-order valence-electron chi connectivity index (χ1n) is 9.60. The van der Waals surface area contributed by atoms with Gasteiger partial charge in [0.25, 0.3) is 5.56 Å². The molecular weight excluding hydrogens is 373 g/mol. The standard InChI is InChI=1S/C22H20FN3O3/c1-26-17-8-3-2-7-14(17)21-19(22(26)28)15(10-18(27)29-21)16-11-24-25-20(16)12-5-4-6-13(23)9-12/h2-9,15-16,20,24-25H,10-11H2,1H3. The van der Waals surface area contributed by atoms with E-state index >= 15 is 0 Å². The summed E-state index contributed by atoms with van der Waals surface area (Å²) in [7, 11) is 1.73. The first kappa shape index (κ1) is 18.0. The number of carbonyl (C=O) groups is 1. The van der Waals surface area contributed by atoms with Gasteiger partial charge in [-0.2, -0.15) is 0 Å². The number of halogens is 1. The molecule has 1 saturated heterocycles. The van der Waals surface area contributed by atoms with Crippen LogP contribution in [0.1, 0.15) is 29.5 Å². The van der Waals surface area contributed by atoms with Crippen molar-refractivity contribution in [1.82, 2.24) is 15.4 Å². The van der Waals surface area contributed by atoms with E-state index in [1.165, 1.54) is 12.1 Å². The number of ether oxygens (including phenoxy) is 1. The molecule has 6 nitrogen and oxygen atoms in total. The number of aryl methyl sites for hydroxylation is 1. The molecular formula is C22H20FN3O3. The van der Waals surface area contributed by atoms with Crippen LogP contribution in [0.4, 0.5) is 4.39 Å². The quantitative estimate of drug-likeness (QED) is 0.655. The number of hydrogen-bond acceptors (Lipinski definition) is 5. The van der Waals surface area contributed by atoms with Crippen LogP contribution in [0.3, 0.4) is 0 Å². The number of nitrogens with zero attached hydrogens (tertiary/aromatic N) is 1. The van der Waals surface area contributed by atoms with Crippen LogP contribution in [0.5, 0.6) is 5.75 Å². The first-order valence-corrected chi connectivity index (χ1v) is 9.60. The van der Waals surface area contributed by atoms with Gasteiger partial charge in [-0.25, -0.2) is 9.82 Å². The maximum Gasteiger partial charge on any atom is 0.311 e. The molecule has 0 spiro atoms. The molecule has 0 aliphatic carbocycles. The third-order valence-electron chi connectivity index (χ3n) is 6.01. The third-order valence-corrected chi connectivity index (χ3v) is 6.01. The van der Waals surface area contributed by atoms with Gasteiger partial charge in [-0.1, -0.05) is 24.3 Å². The second-order valence-electron chi connectivity index (χ2n) is 7.63. The van der Waals surface area contributed by atoms with Crippen molar-refractivity contribution in [2.75, 3.05) is 6.54 Å². The molecule has 3 unspecified atom stereocenters. The Morgan fingerprint density at radius 3 is 2.79 bits per heavy atom. The maximum atomic E-state index is 13.8. The summed E-state index contributed by atoms with van der Waals surface area (Å²) in [5.41, 5.74) is 8.15. The highest BCUT2D eigenvalue weighted by atomic mass is 19.1. The Morgan fingerprint density at radius 2 is 1.97 bits per heavy atom. The number of carbonyl (C=O) groups excluding carboxylic acids is 1. The van der Waals surface area contributed by atoms with E-state index in [1.54, 1.807) is 17.7 Å². The first-order chi connectivity index (χ1) is 14.0. The minimum absolute atomic E-state index is 0.112. The average Bonchev–Trinajstić information content (AvgIpc) is 3.21. The zero-order chi connectivity index (χ0) is 20.1. The molecule has 0 saturated carbocycles. The fourth-order valence-corrected chi connectivity index (χ4v) is 4.65. The van der Waals surface area contributed by atoms with E-state index in [0.717, 1.165) is 10.9 Å². The van der Waals surface area contributed by atoms with Crippen LogP contribution < -0.4 is 21.1 Å². The Kier molecular flexibility index (Phi) is 4.22.